The van der Waals surface area contributed by atoms with Gasteiger partial charge >= 0.3 is 11.1 Å². The van der Waals surface area contributed by atoms with Gasteiger partial charge < -0.3 is 14.9 Å². The second kappa shape index (κ2) is 5.77. The normalized spacial score (nSPS) is 24.8. The first-order valence-electron chi connectivity index (χ1n) is 7.83. The smallest absolute Gasteiger partial charge is 0.314 e. The minimum absolute atomic E-state index is 0.0817. The SMILES string of the molecule is CC1(CN2CCCCC2)Cc2[nH]c(=O)c(=O)[nH]c2C=C1[N+](=O)[O-]. The number of piperidine rings is 1. The van der Waals surface area contributed by atoms with Crippen molar-refractivity contribution in [2.24, 2.45) is 5.41 Å². The second-order valence-corrected chi connectivity index (χ2v) is 6.66. The fraction of sp³-hybridized carbons (Fsp3) is 0.600. The number of hydrogen-bond acceptors (Lipinski definition) is 5. The van der Waals surface area contributed by atoms with Gasteiger partial charge in [0.15, 0.2) is 0 Å². The van der Waals surface area contributed by atoms with Crippen molar-refractivity contribution in [2.75, 3.05) is 19.6 Å². The van der Waals surface area contributed by atoms with Crippen molar-refractivity contribution in [3.05, 3.63) is 47.9 Å². The Bertz CT molecular complexity index is 772. The molecule has 2 heterocycles. The molecule has 2 N–H and O–H groups in total. The van der Waals surface area contributed by atoms with Crippen LogP contribution in [0.1, 0.15) is 37.6 Å². The Balaban J connectivity index is 1.99. The van der Waals surface area contributed by atoms with E-state index in [9.17, 15) is 19.7 Å². The standard InChI is InChI=1S/C15H20N4O4/c1-15(9-18-5-3-2-4-6-18)8-11-10(7-12(15)19(22)23)16-13(20)14(21)17-11/h7H,2-6,8-9H2,1H3,(H,16,20)(H,17,21). The number of H-pyrrole nitrogens is 2. The average molecular weight is 320 g/mol. The summed E-state index contributed by atoms with van der Waals surface area (Å²) in [5.74, 6) is 0. The van der Waals surface area contributed by atoms with E-state index in [4.69, 9.17) is 0 Å². The lowest BCUT2D eigenvalue weighted by Crippen LogP contribution is -2.45. The van der Waals surface area contributed by atoms with Crippen LogP contribution >= 0.6 is 0 Å². The van der Waals surface area contributed by atoms with Crippen LogP contribution in [0.25, 0.3) is 6.08 Å². The van der Waals surface area contributed by atoms with E-state index < -0.39 is 16.5 Å². The van der Waals surface area contributed by atoms with Gasteiger partial charge in [-0.2, -0.15) is 0 Å². The Morgan fingerprint density at radius 1 is 1.22 bits per heavy atom. The highest BCUT2D eigenvalue weighted by Gasteiger charge is 2.43. The van der Waals surface area contributed by atoms with E-state index in [0.29, 0.717) is 24.4 Å². The maximum absolute atomic E-state index is 11.5. The van der Waals surface area contributed by atoms with Crippen molar-refractivity contribution < 1.29 is 4.92 Å². The number of aromatic nitrogens is 2. The molecule has 0 saturated carbocycles. The van der Waals surface area contributed by atoms with E-state index in [1.165, 1.54) is 12.5 Å². The maximum Gasteiger partial charge on any atom is 0.314 e. The summed E-state index contributed by atoms with van der Waals surface area (Å²) in [6.07, 6.45) is 5.13. The zero-order chi connectivity index (χ0) is 16.6. The van der Waals surface area contributed by atoms with Gasteiger partial charge in [0.25, 0.3) is 5.70 Å². The van der Waals surface area contributed by atoms with Crippen LogP contribution < -0.4 is 11.1 Å². The zero-order valence-electron chi connectivity index (χ0n) is 13.1. The molecule has 0 amide bonds. The summed E-state index contributed by atoms with van der Waals surface area (Å²) in [7, 11) is 0. The highest BCUT2D eigenvalue weighted by molar-refractivity contribution is 5.54. The van der Waals surface area contributed by atoms with Crippen LogP contribution in [0.3, 0.4) is 0 Å². The van der Waals surface area contributed by atoms with E-state index in [0.717, 1.165) is 25.9 Å². The third-order valence-corrected chi connectivity index (χ3v) is 4.73. The molecule has 124 valence electrons. The number of nitrogens with one attached hydrogen (secondary N) is 2. The lowest BCUT2D eigenvalue weighted by molar-refractivity contribution is -0.439. The van der Waals surface area contributed by atoms with Crippen molar-refractivity contribution in [3.8, 4) is 0 Å². The molecule has 0 aromatic carbocycles. The van der Waals surface area contributed by atoms with Gasteiger partial charge in [-0.05, 0) is 32.9 Å². The zero-order valence-corrected chi connectivity index (χ0v) is 13.1. The molecule has 2 aliphatic rings. The van der Waals surface area contributed by atoms with E-state index in [2.05, 4.69) is 14.9 Å². The maximum atomic E-state index is 11.5. The number of likely N-dealkylation sites (tertiary alicyclic amines) is 1. The fourth-order valence-corrected chi connectivity index (χ4v) is 3.59. The third-order valence-electron chi connectivity index (χ3n) is 4.73. The largest absolute Gasteiger partial charge is 0.319 e. The Morgan fingerprint density at radius 3 is 2.52 bits per heavy atom. The van der Waals surface area contributed by atoms with E-state index in [-0.39, 0.29) is 10.6 Å². The van der Waals surface area contributed by atoms with Gasteiger partial charge in [-0.15, -0.1) is 0 Å². The highest BCUT2D eigenvalue weighted by atomic mass is 16.6. The minimum atomic E-state index is -0.790. The monoisotopic (exact) mass is 320 g/mol. The summed E-state index contributed by atoms with van der Waals surface area (Å²) in [5.41, 5.74) is -1.24. The van der Waals surface area contributed by atoms with Crippen LogP contribution in [0.2, 0.25) is 0 Å². The Morgan fingerprint density at radius 2 is 1.87 bits per heavy atom. The Labute approximate surface area is 132 Å². The van der Waals surface area contributed by atoms with Crippen LogP contribution in [-0.4, -0.2) is 39.4 Å². The van der Waals surface area contributed by atoms with Crippen LogP contribution in [0.4, 0.5) is 0 Å². The number of nitro groups is 1. The average Bonchev–Trinajstić information content (AvgIpc) is 2.49. The lowest BCUT2D eigenvalue weighted by atomic mass is 9.77. The summed E-state index contributed by atoms with van der Waals surface area (Å²) in [6.45, 7) is 4.30. The molecule has 1 aliphatic heterocycles. The van der Waals surface area contributed by atoms with Gasteiger partial charge in [-0.3, -0.25) is 19.7 Å². The van der Waals surface area contributed by atoms with Crippen LogP contribution in [0, 0.1) is 15.5 Å². The molecule has 1 aromatic heterocycles. The second-order valence-electron chi connectivity index (χ2n) is 6.66. The highest BCUT2D eigenvalue weighted by Crippen LogP contribution is 2.38. The van der Waals surface area contributed by atoms with Gasteiger partial charge in [0.05, 0.1) is 16.0 Å². The summed E-state index contributed by atoms with van der Waals surface area (Å²) >= 11 is 0. The summed E-state index contributed by atoms with van der Waals surface area (Å²) in [5, 5.41) is 11.5. The fourth-order valence-electron chi connectivity index (χ4n) is 3.59. The Hall–Kier alpha value is -2.22. The molecule has 1 saturated heterocycles. The number of aromatic amines is 2. The van der Waals surface area contributed by atoms with Gasteiger partial charge in [-0.25, -0.2) is 0 Å². The van der Waals surface area contributed by atoms with Crippen molar-refractivity contribution in [3.63, 3.8) is 0 Å². The molecule has 3 rings (SSSR count). The first-order valence-corrected chi connectivity index (χ1v) is 7.83. The molecule has 0 bridgehead atoms. The number of hydrogen-bond donors (Lipinski definition) is 2. The summed E-state index contributed by atoms with van der Waals surface area (Å²) in [6, 6.07) is 0. The summed E-state index contributed by atoms with van der Waals surface area (Å²) < 4.78 is 0. The number of nitrogens with zero attached hydrogens (tertiary/aromatic N) is 2. The van der Waals surface area contributed by atoms with Crippen molar-refractivity contribution in [1.29, 1.82) is 0 Å². The van der Waals surface area contributed by atoms with E-state index >= 15 is 0 Å². The first kappa shape index (κ1) is 15.7. The molecule has 1 aromatic rings. The van der Waals surface area contributed by atoms with Gasteiger partial charge in [0, 0.05) is 24.7 Å². The lowest BCUT2D eigenvalue weighted by Gasteiger charge is -2.37. The van der Waals surface area contributed by atoms with Crippen LogP contribution in [0.5, 0.6) is 0 Å². The minimum Gasteiger partial charge on any atom is -0.319 e. The number of fused-ring (bicyclic) bond motifs is 1. The van der Waals surface area contributed by atoms with E-state index in [1.807, 2.05) is 6.92 Å². The molecule has 1 fully saturated rings. The van der Waals surface area contributed by atoms with Gasteiger partial charge in [0.2, 0.25) is 0 Å². The molecule has 0 spiro atoms. The van der Waals surface area contributed by atoms with Crippen LogP contribution in [-0.2, 0) is 6.42 Å². The molecule has 8 heteroatoms. The first-order chi connectivity index (χ1) is 10.9. The quantitative estimate of drug-likeness (QED) is 0.484. The Kier molecular flexibility index (Phi) is 3.93. The third kappa shape index (κ3) is 2.98. The van der Waals surface area contributed by atoms with Crippen LogP contribution in [0.15, 0.2) is 15.3 Å². The van der Waals surface area contributed by atoms with Crippen molar-refractivity contribution in [1.82, 2.24) is 14.9 Å². The molecule has 1 atom stereocenters. The van der Waals surface area contributed by atoms with Gasteiger partial charge in [0.1, 0.15) is 0 Å². The predicted octanol–water partition coefficient (Wildman–Crippen LogP) is 0.729. The van der Waals surface area contributed by atoms with Crippen molar-refractivity contribution in [2.45, 2.75) is 32.6 Å². The van der Waals surface area contributed by atoms with E-state index in [1.54, 1.807) is 0 Å². The molecule has 23 heavy (non-hydrogen) atoms. The predicted molar refractivity (Wildman–Crippen MR) is 84.8 cm³/mol. The topological polar surface area (TPSA) is 112 Å². The number of rotatable bonds is 3. The molecule has 8 nitrogen and oxygen atoms in total. The molecular formula is C15H20N4O4. The van der Waals surface area contributed by atoms with Gasteiger partial charge in [-0.1, -0.05) is 6.42 Å². The molecule has 1 unspecified atom stereocenters. The molecular weight excluding hydrogens is 300 g/mol. The van der Waals surface area contributed by atoms with Crippen molar-refractivity contribution >= 4 is 6.08 Å². The summed E-state index contributed by atoms with van der Waals surface area (Å²) in [4.78, 5) is 41.4. The molecule has 0 radical (unpaired) electrons. The molecule has 1 aliphatic carbocycles.